The highest BCUT2D eigenvalue weighted by Gasteiger charge is 2.29. The molecule has 0 bridgehead atoms. The van der Waals surface area contributed by atoms with Crippen LogP contribution in [0.1, 0.15) is 70.5 Å². The van der Waals surface area contributed by atoms with Crippen molar-refractivity contribution in [2.75, 3.05) is 11.4 Å². The Labute approximate surface area is 127 Å². The van der Waals surface area contributed by atoms with Gasteiger partial charge in [-0.3, -0.25) is 9.69 Å². The predicted octanol–water partition coefficient (Wildman–Crippen LogP) is 3.87. The molecule has 0 spiro atoms. The number of aromatic nitrogens is 2. The van der Waals surface area contributed by atoms with E-state index in [9.17, 15) is 4.79 Å². The van der Waals surface area contributed by atoms with Crippen molar-refractivity contribution in [1.82, 2.24) is 10.1 Å². The van der Waals surface area contributed by atoms with Crippen LogP contribution < -0.4 is 4.90 Å². The normalized spacial score (nSPS) is 16.1. The molecule has 0 N–H and O–H groups in total. The second kappa shape index (κ2) is 8.15. The molecule has 0 radical (unpaired) electrons. The molecule has 118 valence electrons. The molecular weight excluding hydrogens is 266 g/mol. The molecule has 5 nitrogen and oxygen atoms in total. The van der Waals surface area contributed by atoms with E-state index in [0.717, 1.165) is 38.5 Å². The fourth-order valence-corrected chi connectivity index (χ4v) is 2.96. The molecule has 0 unspecified atom stereocenters. The topological polar surface area (TPSA) is 59.2 Å². The number of unbranched alkanes of at least 4 members (excludes halogenated alkanes) is 3. The van der Waals surface area contributed by atoms with Gasteiger partial charge in [-0.2, -0.15) is 4.98 Å². The average molecular weight is 293 g/mol. The third-order valence-electron chi connectivity index (χ3n) is 4.20. The molecule has 21 heavy (non-hydrogen) atoms. The summed E-state index contributed by atoms with van der Waals surface area (Å²) < 4.78 is 5.24. The largest absolute Gasteiger partial charge is 0.330 e. The molecule has 1 aromatic rings. The third-order valence-corrected chi connectivity index (χ3v) is 4.20. The molecule has 1 aromatic heterocycles. The maximum Gasteiger partial charge on any atom is 0.330 e. The molecule has 0 atom stereocenters. The van der Waals surface area contributed by atoms with E-state index in [-0.39, 0.29) is 11.8 Å². The van der Waals surface area contributed by atoms with E-state index in [1.54, 1.807) is 11.8 Å². The Balaban J connectivity index is 2.01. The van der Waals surface area contributed by atoms with Crippen LogP contribution in [0.4, 0.5) is 6.01 Å². The van der Waals surface area contributed by atoms with Crippen molar-refractivity contribution in [1.29, 1.82) is 0 Å². The Hall–Kier alpha value is -1.39. The Bertz CT molecular complexity index is 438. The highest BCUT2D eigenvalue weighted by atomic mass is 16.5. The summed E-state index contributed by atoms with van der Waals surface area (Å²) in [6.07, 6.45) is 10.1. The number of carbonyl (C=O) groups excluding carboxylic acids is 1. The van der Waals surface area contributed by atoms with Crippen LogP contribution in [0, 0.1) is 12.8 Å². The number of amides is 1. The van der Waals surface area contributed by atoms with E-state index in [1.807, 2.05) is 0 Å². The number of hydrogen-bond acceptors (Lipinski definition) is 4. The van der Waals surface area contributed by atoms with Crippen molar-refractivity contribution in [3.8, 4) is 0 Å². The summed E-state index contributed by atoms with van der Waals surface area (Å²) in [7, 11) is 0. The molecule has 0 saturated heterocycles. The highest BCUT2D eigenvalue weighted by Crippen LogP contribution is 2.27. The molecule has 5 heteroatoms. The lowest BCUT2D eigenvalue weighted by atomic mass is 9.88. The van der Waals surface area contributed by atoms with Gasteiger partial charge in [0.05, 0.1) is 0 Å². The zero-order valence-corrected chi connectivity index (χ0v) is 13.3. The van der Waals surface area contributed by atoms with Crippen molar-refractivity contribution in [3.05, 3.63) is 5.82 Å². The monoisotopic (exact) mass is 293 g/mol. The van der Waals surface area contributed by atoms with Crippen molar-refractivity contribution >= 4 is 11.9 Å². The van der Waals surface area contributed by atoms with Gasteiger partial charge in [-0.15, -0.1) is 0 Å². The Kier molecular flexibility index (Phi) is 6.21. The first kappa shape index (κ1) is 16.0. The molecule has 1 aliphatic carbocycles. The summed E-state index contributed by atoms with van der Waals surface area (Å²) in [5.74, 6) is 0.895. The zero-order chi connectivity index (χ0) is 15.1. The van der Waals surface area contributed by atoms with Crippen LogP contribution in [-0.4, -0.2) is 22.6 Å². The van der Waals surface area contributed by atoms with Gasteiger partial charge in [-0.1, -0.05) is 50.6 Å². The van der Waals surface area contributed by atoms with Crippen molar-refractivity contribution in [3.63, 3.8) is 0 Å². The van der Waals surface area contributed by atoms with Crippen molar-refractivity contribution in [2.45, 2.75) is 71.6 Å². The third kappa shape index (κ3) is 4.55. The average Bonchev–Trinajstić information content (AvgIpc) is 2.94. The summed E-state index contributed by atoms with van der Waals surface area (Å²) in [4.78, 5) is 18.8. The fraction of sp³-hybridized carbons (Fsp3) is 0.812. The summed E-state index contributed by atoms with van der Waals surface area (Å²) in [6, 6.07) is 0.375. The van der Waals surface area contributed by atoms with E-state index in [0.29, 0.717) is 18.4 Å². The molecule has 1 fully saturated rings. The SMILES string of the molecule is CCCCCCN(C(=O)C1CCCCC1)c1nc(C)no1. The van der Waals surface area contributed by atoms with Crippen LogP contribution in [0.25, 0.3) is 0 Å². The van der Waals surface area contributed by atoms with E-state index >= 15 is 0 Å². The maximum absolute atomic E-state index is 12.8. The number of carbonyl (C=O) groups is 1. The second-order valence-electron chi connectivity index (χ2n) is 6.01. The van der Waals surface area contributed by atoms with Gasteiger partial charge in [0.1, 0.15) is 0 Å². The summed E-state index contributed by atoms with van der Waals surface area (Å²) in [5, 5.41) is 3.83. The van der Waals surface area contributed by atoms with Gasteiger partial charge in [-0.25, -0.2) is 0 Å². The quantitative estimate of drug-likeness (QED) is 0.716. The highest BCUT2D eigenvalue weighted by molar-refractivity contribution is 5.93. The summed E-state index contributed by atoms with van der Waals surface area (Å²) >= 11 is 0. The Morgan fingerprint density at radius 2 is 2.00 bits per heavy atom. The van der Waals surface area contributed by atoms with Gasteiger partial charge in [-0.05, 0) is 26.2 Å². The van der Waals surface area contributed by atoms with Crippen molar-refractivity contribution in [2.24, 2.45) is 5.92 Å². The fourth-order valence-electron chi connectivity index (χ4n) is 2.96. The minimum Gasteiger partial charge on any atom is -0.315 e. The molecule has 0 aliphatic heterocycles. The number of nitrogens with zero attached hydrogens (tertiary/aromatic N) is 3. The summed E-state index contributed by atoms with van der Waals surface area (Å²) in [6.45, 7) is 4.66. The first-order valence-corrected chi connectivity index (χ1v) is 8.34. The van der Waals surface area contributed by atoms with Gasteiger partial charge < -0.3 is 4.52 Å². The predicted molar refractivity (Wildman–Crippen MR) is 82.1 cm³/mol. The van der Waals surface area contributed by atoms with Gasteiger partial charge >= 0.3 is 6.01 Å². The van der Waals surface area contributed by atoms with Crippen LogP contribution in [0.3, 0.4) is 0 Å². The van der Waals surface area contributed by atoms with Crippen LogP contribution in [-0.2, 0) is 4.79 Å². The first-order valence-electron chi connectivity index (χ1n) is 8.34. The van der Waals surface area contributed by atoms with Crippen LogP contribution in [0.5, 0.6) is 0 Å². The first-order chi connectivity index (χ1) is 10.2. The van der Waals surface area contributed by atoms with Crippen LogP contribution in [0.2, 0.25) is 0 Å². The lowest BCUT2D eigenvalue weighted by Gasteiger charge is -2.26. The minimum atomic E-state index is 0.136. The smallest absolute Gasteiger partial charge is 0.315 e. The lowest BCUT2D eigenvalue weighted by Crippen LogP contribution is -2.38. The van der Waals surface area contributed by atoms with Crippen molar-refractivity contribution < 1.29 is 9.32 Å². The second-order valence-corrected chi connectivity index (χ2v) is 6.01. The van der Waals surface area contributed by atoms with E-state index < -0.39 is 0 Å². The minimum absolute atomic E-state index is 0.136. The Morgan fingerprint density at radius 3 is 2.62 bits per heavy atom. The van der Waals surface area contributed by atoms with Gasteiger partial charge in [0, 0.05) is 12.5 Å². The zero-order valence-electron chi connectivity index (χ0n) is 13.3. The standard InChI is InChI=1S/C16H27N3O2/c1-3-4-5-9-12-19(16-17-13(2)18-21-16)15(20)14-10-7-6-8-11-14/h14H,3-12H2,1-2H3. The van der Waals surface area contributed by atoms with E-state index in [1.165, 1.54) is 19.3 Å². The Morgan fingerprint density at radius 1 is 1.24 bits per heavy atom. The van der Waals surface area contributed by atoms with Crippen LogP contribution in [0.15, 0.2) is 4.52 Å². The maximum atomic E-state index is 12.8. The number of hydrogen-bond donors (Lipinski definition) is 0. The number of anilines is 1. The van der Waals surface area contributed by atoms with E-state index in [4.69, 9.17) is 4.52 Å². The number of aryl methyl sites for hydroxylation is 1. The lowest BCUT2D eigenvalue weighted by molar-refractivity contribution is -0.123. The van der Waals surface area contributed by atoms with Gasteiger partial charge in [0.25, 0.3) is 0 Å². The molecule has 1 saturated carbocycles. The van der Waals surface area contributed by atoms with Crippen LogP contribution >= 0.6 is 0 Å². The molecular formula is C16H27N3O2. The number of rotatable bonds is 7. The molecule has 1 aliphatic rings. The molecule has 1 heterocycles. The molecule has 2 rings (SSSR count). The van der Waals surface area contributed by atoms with Gasteiger partial charge in [0.15, 0.2) is 5.82 Å². The molecule has 1 amide bonds. The van der Waals surface area contributed by atoms with E-state index in [2.05, 4.69) is 17.1 Å². The molecule has 0 aromatic carbocycles. The van der Waals surface area contributed by atoms with Gasteiger partial charge in [0.2, 0.25) is 5.91 Å². The summed E-state index contributed by atoms with van der Waals surface area (Å²) in [5.41, 5.74) is 0.